The van der Waals surface area contributed by atoms with Gasteiger partial charge in [-0.3, -0.25) is 14.2 Å². The highest BCUT2D eigenvalue weighted by Gasteiger charge is 2.42. The van der Waals surface area contributed by atoms with Gasteiger partial charge in [0.05, 0.1) is 18.8 Å². The van der Waals surface area contributed by atoms with Gasteiger partial charge in [-0.15, -0.1) is 10.2 Å². The van der Waals surface area contributed by atoms with Gasteiger partial charge in [-0.2, -0.15) is 10.2 Å². The number of aromatic nitrogens is 6. The Morgan fingerprint density at radius 1 is 0.912 bits per heavy atom. The third-order valence-corrected chi connectivity index (χ3v) is 13.8. The molecule has 0 radical (unpaired) electrons. The van der Waals surface area contributed by atoms with Crippen molar-refractivity contribution in [3.8, 4) is 11.1 Å². The first-order chi connectivity index (χ1) is 27.6. The SMILES string of the molecule is CC(=O)N1CCc2c(c(N3CCCc4cc(-c5cnn(C)c5)c(C(F)F)cc43)nn2C2CCC3(CC2)CCN(C2CCN(c4ccc(C(=O)O)nn4)CC2)CC3)C1. The molecular weight excluding hydrogens is 731 g/mol. The van der Waals surface area contributed by atoms with Gasteiger partial charge in [0, 0.05) is 86.9 Å². The lowest BCUT2D eigenvalue weighted by atomic mass is 9.66. The molecule has 9 rings (SSSR count). The van der Waals surface area contributed by atoms with Crippen LogP contribution in [0, 0.1) is 5.41 Å². The highest BCUT2D eigenvalue weighted by atomic mass is 19.3. The Bertz CT molecular complexity index is 2130. The predicted octanol–water partition coefficient (Wildman–Crippen LogP) is 6.56. The number of likely N-dealkylation sites (tertiary alicyclic amines) is 1. The number of carbonyl (C=O) groups excluding carboxylic acids is 1. The number of nitrogens with zero attached hydrogens (tertiary/aromatic N) is 10. The fourth-order valence-electron chi connectivity index (χ4n) is 10.5. The number of aromatic carboxylic acids is 1. The van der Waals surface area contributed by atoms with Crippen molar-refractivity contribution in [1.82, 2.24) is 39.6 Å². The molecule has 1 saturated carbocycles. The number of benzene rings is 1. The molecule has 1 amide bonds. The number of alkyl halides is 2. The number of fused-ring (bicyclic) bond motifs is 2. The van der Waals surface area contributed by atoms with E-state index in [1.54, 1.807) is 43.2 Å². The van der Waals surface area contributed by atoms with Crippen LogP contribution >= 0.6 is 0 Å². The second-order valence-electron chi connectivity index (χ2n) is 17.0. The summed E-state index contributed by atoms with van der Waals surface area (Å²) in [6.45, 7) is 7.44. The maximum absolute atomic E-state index is 14.7. The van der Waals surface area contributed by atoms with Crippen LogP contribution in [0.1, 0.15) is 110 Å². The van der Waals surface area contributed by atoms with Gasteiger partial charge in [0.1, 0.15) is 0 Å². The average molecular weight is 783 g/mol. The second kappa shape index (κ2) is 15.1. The van der Waals surface area contributed by atoms with Crippen molar-refractivity contribution in [2.75, 3.05) is 49.1 Å². The molecule has 302 valence electrons. The molecule has 1 aromatic carbocycles. The van der Waals surface area contributed by atoms with Gasteiger partial charge in [0.15, 0.2) is 17.3 Å². The van der Waals surface area contributed by atoms with Crippen molar-refractivity contribution in [3.63, 3.8) is 0 Å². The zero-order chi connectivity index (χ0) is 39.4. The zero-order valence-electron chi connectivity index (χ0n) is 32.9. The summed E-state index contributed by atoms with van der Waals surface area (Å²) in [5, 5.41) is 26.8. The van der Waals surface area contributed by atoms with Crippen molar-refractivity contribution in [2.24, 2.45) is 12.5 Å². The van der Waals surface area contributed by atoms with E-state index in [-0.39, 0.29) is 23.2 Å². The van der Waals surface area contributed by atoms with Crippen molar-refractivity contribution in [1.29, 1.82) is 0 Å². The topological polar surface area (TPSA) is 129 Å². The number of piperidine rings is 2. The van der Waals surface area contributed by atoms with Gasteiger partial charge in [-0.1, -0.05) is 0 Å². The standard InChI is InChI=1S/C42H52F2N10O3/c1-27(55)52-19-11-36-34(26-52)40(53-16-3-4-28-22-32(29-24-45-49(2)25-29)33(39(43)44)23-37(28)53)48-54(36)31-7-12-42(13-8-31)14-20-50(21-15-42)30-9-17-51(18-10-30)38-6-5-35(41(56)57)46-47-38/h5-6,22-25,30-31,39H,3-4,7-21,26H2,1-2H3,(H,56,57). The highest BCUT2D eigenvalue weighted by molar-refractivity contribution is 5.85. The molecule has 0 bridgehead atoms. The van der Waals surface area contributed by atoms with Crippen LogP contribution in [-0.2, 0) is 31.2 Å². The average Bonchev–Trinajstić information content (AvgIpc) is 3.84. The van der Waals surface area contributed by atoms with Gasteiger partial charge in [-0.25, -0.2) is 13.6 Å². The fraction of sp³-hybridized carbons (Fsp3) is 0.571. The molecule has 7 heterocycles. The molecular formula is C42H52F2N10O3. The summed E-state index contributed by atoms with van der Waals surface area (Å²) in [5.41, 5.74) is 5.61. The highest BCUT2D eigenvalue weighted by Crippen LogP contribution is 2.50. The summed E-state index contributed by atoms with van der Waals surface area (Å²) in [6.07, 6.45) is 12.2. The maximum atomic E-state index is 14.7. The summed E-state index contributed by atoms with van der Waals surface area (Å²) >= 11 is 0. The van der Waals surface area contributed by atoms with Crippen LogP contribution in [0.15, 0.2) is 36.7 Å². The first-order valence-corrected chi connectivity index (χ1v) is 20.7. The summed E-state index contributed by atoms with van der Waals surface area (Å²) in [4.78, 5) is 32.8. The van der Waals surface area contributed by atoms with Crippen molar-refractivity contribution in [2.45, 2.75) is 103 Å². The molecule has 4 aromatic rings. The van der Waals surface area contributed by atoms with Crippen LogP contribution in [0.2, 0.25) is 0 Å². The Hall–Kier alpha value is -4.92. The molecule has 4 aliphatic heterocycles. The monoisotopic (exact) mass is 782 g/mol. The Labute approximate surface area is 331 Å². The van der Waals surface area contributed by atoms with Gasteiger partial charge in [0.25, 0.3) is 6.43 Å². The molecule has 15 heteroatoms. The molecule has 2 saturated heterocycles. The number of carboxylic acid groups (broad SMARTS) is 1. The van der Waals surface area contributed by atoms with Gasteiger partial charge in [0.2, 0.25) is 5.91 Å². The molecule has 0 unspecified atom stereocenters. The number of hydrogen-bond donors (Lipinski definition) is 1. The smallest absolute Gasteiger partial charge is 0.356 e. The minimum Gasteiger partial charge on any atom is -0.476 e. The van der Waals surface area contributed by atoms with E-state index < -0.39 is 12.4 Å². The molecule has 1 aliphatic carbocycles. The van der Waals surface area contributed by atoms with Crippen molar-refractivity contribution >= 4 is 29.2 Å². The molecule has 57 heavy (non-hydrogen) atoms. The first-order valence-electron chi connectivity index (χ1n) is 20.7. The summed E-state index contributed by atoms with van der Waals surface area (Å²) < 4.78 is 33.4. The fourth-order valence-corrected chi connectivity index (χ4v) is 10.5. The Morgan fingerprint density at radius 2 is 1.68 bits per heavy atom. The number of halogens is 2. The minimum absolute atomic E-state index is 0.000974. The summed E-state index contributed by atoms with van der Waals surface area (Å²) in [5.74, 6) is 0.533. The maximum Gasteiger partial charge on any atom is 0.356 e. The molecule has 1 spiro atoms. The van der Waals surface area contributed by atoms with E-state index in [9.17, 15) is 18.4 Å². The molecule has 5 aliphatic rings. The van der Waals surface area contributed by atoms with Crippen LogP contribution in [0.5, 0.6) is 0 Å². The number of amides is 1. The summed E-state index contributed by atoms with van der Waals surface area (Å²) in [6, 6.07) is 7.71. The van der Waals surface area contributed by atoms with E-state index in [0.717, 1.165) is 99.6 Å². The number of anilines is 3. The molecule has 13 nitrogen and oxygen atoms in total. The Morgan fingerprint density at radius 3 is 2.33 bits per heavy atom. The van der Waals surface area contributed by atoms with E-state index >= 15 is 0 Å². The number of hydrogen-bond acceptors (Lipinski definition) is 9. The summed E-state index contributed by atoms with van der Waals surface area (Å²) in [7, 11) is 1.79. The quantitative estimate of drug-likeness (QED) is 0.220. The third-order valence-electron chi connectivity index (χ3n) is 13.8. The van der Waals surface area contributed by atoms with Gasteiger partial charge < -0.3 is 24.7 Å². The number of rotatable bonds is 7. The zero-order valence-corrected chi connectivity index (χ0v) is 32.9. The van der Waals surface area contributed by atoms with E-state index in [1.807, 2.05) is 11.0 Å². The van der Waals surface area contributed by atoms with Gasteiger partial charge >= 0.3 is 5.97 Å². The first kappa shape index (κ1) is 37.6. The van der Waals surface area contributed by atoms with E-state index in [0.29, 0.717) is 42.2 Å². The molecule has 3 aromatic heterocycles. The van der Waals surface area contributed by atoms with Crippen molar-refractivity contribution in [3.05, 3.63) is 64.7 Å². The van der Waals surface area contributed by atoms with Crippen molar-refractivity contribution < 1.29 is 23.5 Å². The molecule has 3 fully saturated rings. The van der Waals surface area contributed by atoms with Gasteiger partial charge in [-0.05, 0) is 118 Å². The lowest BCUT2D eigenvalue weighted by Crippen LogP contribution is -2.50. The van der Waals surface area contributed by atoms with Crippen LogP contribution in [0.3, 0.4) is 0 Å². The largest absolute Gasteiger partial charge is 0.476 e. The van der Waals surface area contributed by atoms with E-state index in [4.69, 9.17) is 10.2 Å². The van der Waals surface area contributed by atoms with E-state index in [2.05, 4.69) is 34.7 Å². The van der Waals surface area contributed by atoms with Crippen LogP contribution in [0.25, 0.3) is 11.1 Å². The van der Waals surface area contributed by atoms with Crippen LogP contribution < -0.4 is 9.80 Å². The number of carbonyl (C=O) groups is 2. The number of aryl methyl sites for hydroxylation is 2. The van der Waals surface area contributed by atoms with E-state index in [1.165, 1.54) is 37.4 Å². The minimum atomic E-state index is -2.64. The Kier molecular flexibility index (Phi) is 9.98. The molecule has 0 atom stereocenters. The molecule has 1 N–H and O–H groups in total. The Balaban J connectivity index is 0.896. The lowest BCUT2D eigenvalue weighted by Gasteiger charge is -2.49. The van der Waals surface area contributed by atoms with Crippen LogP contribution in [0.4, 0.5) is 26.1 Å². The normalized spacial score (nSPS) is 20.6. The number of carboxylic acids is 1. The lowest BCUT2D eigenvalue weighted by molar-refractivity contribution is -0.129. The predicted molar refractivity (Wildman–Crippen MR) is 211 cm³/mol. The van der Waals surface area contributed by atoms with Crippen LogP contribution in [-0.4, -0.2) is 102 Å². The second-order valence-corrected chi connectivity index (χ2v) is 17.0. The third kappa shape index (κ3) is 7.16.